The molecule has 6 heteroatoms. The molecule has 0 aliphatic carbocycles. The number of carbonyl (C=O) groups is 1. The van der Waals surface area contributed by atoms with Gasteiger partial charge >= 0.3 is 0 Å². The number of nitrogens with zero attached hydrogens (tertiary/aromatic N) is 2. The van der Waals surface area contributed by atoms with Crippen LogP contribution >= 0.6 is 33.9 Å². The molecule has 0 aliphatic heterocycles. The average molecular weight is 457 g/mol. The van der Waals surface area contributed by atoms with Crippen molar-refractivity contribution in [1.29, 1.82) is 0 Å². The SMILES string of the molecule is O=C(Nc1cccc(-c2nc3cccnc3s2)c1)c1ccc(I)cc1. The van der Waals surface area contributed by atoms with Crippen LogP contribution in [0.3, 0.4) is 0 Å². The van der Waals surface area contributed by atoms with Gasteiger partial charge in [-0.05, 0) is 71.1 Å². The molecule has 25 heavy (non-hydrogen) atoms. The Morgan fingerprint density at radius 2 is 1.88 bits per heavy atom. The number of aromatic nitrogens is 2. The van der Waals surface area contributed by atoms with Crippen molar-refractivity contribution in [3.05, 3.63) is 76.0 Å². The molecule has 0 saturated heterocycles. The number of hydrogen-bond acceptors (Lipinski definition) is 4. The number of amides is 1. The summed E-state index contributed by atoms with van der Waals surface area (Å²) < 4.78 is 1.10. The van der Waals surface area contributed by atoms with Crippen molar-refractivity contribution in [2.45, 2.75) is 0 Å². The van der Waals surface area contributed by atoms with Crippen LogP contribution in [0.25, 0.3) is 20.9 Å². The van der Waals surface area contributed by atoms with E-state index in [1.807, 2.05) is 60.7 Å². The van der Waals surface area contributed by atoms with Gasteiger partial charge < -0.3 is 5.32 Å². The van der Waals surface area contributed by atoms with Crippen molar-refractivity contribution in [2.75, 3.05) is 5.32 Å². The van der Waals surface area contributed by atoms with E-state index in [-0.39, 0.29) is 5.91 Å². The predicted octanol–water partition coefficient (Wildman–Crippen LogP) is 5.22. The van der Waals surface area contributed by atoms with Crippen LogP contribution in [0.15, 0.2) is 66.9 Å². The topological polar surface area (TPSA) is 54.9 Å². The van der Waals surface area contributed by atoms with Crippen LogP contribution in [0, 0.1) is 3.57 Å². The maximum absolute atomic E-state index is 12.4. The zero-order valence-electron chi connectivity index (χ0n) is 12.9. The number of thiazole rings is 1. The molecule has 0 radical (unpaired) electrons. The van der Waals surface area contributed by atoms with Gasteiger partial charge in [0, 0.05) is 26.6 Å². The van der Waals surface area contributed by atoms with E-state index in [0.717, 1.165) is 30.2 Å². The van der Waals surface area contributed by atoms with Gasteiger partial charge in [-0.3, -0.25) is 4.79 Å². The predicted molar refractivity (Wildman–Crippen MR) is 110 cm³/mol. The van der Waals surface area contributed by atoms with E-state index in [2.05, 4.69) is 37.9 Å². The van der Waals surface area contributed by atoms with Crippen LogP contribution in [0.1, 0.15) is 10.4 Å². The summed E-state index contributed by atoms with van der Waals surface area (Å²) in [7, 11) is 0. The number of pyridine rings is 1. The number of nitrogens with one attached hydrogen (secondary N) is 1. The Balaban J connectivity index is 1.60. The van der Waals surface area contributed by atoms with Crippen LogP contribution in [-0.2, 0) is 0 Å². The Kier molecular flexibility index (Phi) is 4.46. The number of halogens is 1. The fraction of sp³-hybridized carbons (Fsp3) is 0. The fourth-order valence-electron chi connectivity index (χ4n) is 2.43. The van der Waals surface area contributed by atoms with Crippen LogP contribution < -0.4 is 5.32 Å². The summed E-state index contributed by atoms with van der Waals surface area (Å²) in [5.41, 5.74) is 3.22. The first-order valence-corrected chi connectivity index (χ1v) is 9.47. The molecule has 0 spiro atoms. The maximum atomic E-state index is 12.4. The zero-order valence-corrected chi connectivity index (χ0v) is 15.9. The van der Waals surface area contributed by atoms with Gasteiger partial charge in [0.1, 0.15) is 15.4 Å². The monoisotopic (exact) mass is 457 g/mol. The van der Waals surface area contributed by atoms with E-state index in [0.29, 0.717) is 5.56 Å². The second kappa shape index (κ2) is 6.89. The third kappa shape index (κ3) is 3.54. The summed E-state index contributed by atoms with van der Waals surface area (Å²) in [4.78, 5) is 22.2. The lowest BCUT2D eigenvalue weighted by Crippen LogP contribution is -2.11. The number of benzene rings is 2. The first-order valence-electron chi connectivity index (χ1n) is 7.58. The Bertz CT molecular complexity index is 1030. The minimum absolute atomic E-state index is 0.125. The van der Waals surface area contributed by atoms with Gasteiger partial charge in [0.25, 0.3) is 5.91 Å². The van der Waals surface area contributed by atoms with Crippen LogP contribution in [0.2, 0.25) is 0 Å². The quantitative estimate of drug-likeness (QED) is 0.430. The van der Waals surface area contributed by atoms with Crippen molar-refractivity contribution in [3.8, 4) is 10.6 Å². The van der Waals surface area contributed by atoms with E-state index >= 15 is 0 Å². The molecule has 122 valence electrons. The lowest BCUT2D eigenvalue weighted by Gasteiger charge is -2.06. The Morgan fingerprint density at radius 1 is 1.04 bits per heavy atom. The molecule has 0 atom stereocenters. The molecule has 2 heterocycles. The van der Waals surface area contributed by atoms with Crippen molar-refractivity contribution >= 4 is 55.9 Å². The molecular formula is C19H12IN3OS. The second-order valence-electron chi connectivity index (χ2n) is 5.39. The molecule has 0 aliphatic rings. The van der Waals surface area contributed by atoms with Crippen LogP contribution in [0.5, 0.6) is 0 Å². The van der Waals surface area contributed by atoms with E-state index in [1.54, 1.807) is 17.5 Å². The van der Waals surface area contributed by atoms with Crippen molar-refractivity contribution in [3.63, 3.8) is 0 Å². The molecular weight excluding hydrogens is 445 g/mol. The molecule has 0 unspecified atom stereocenters. The van der Waals surface area contributed by atoms with Gasteiger partial charge in [0.05, 0.1) is 0 Å². The lowest BCUT2D eigenvalue weighted by molar-refractivity contribution is 0.102. The first kappa shape index (κ1) is 16.2. The third-order valence-electron chi connectivity index (χ3n) is 3.64. The second-order valence-corrected chi connectivity index (χ2v) is 7.61. The number of carbonyl (C=O) groups excluding carboxylic acids is 1. The molecule has 4 rings (SSSR count). The highest BCUT2D eigenvalue weighted by Crippen LogP contribution is 2.30. The maximum Gasteiger partial charge on any atom is 0.255 e. The van der Waals surface area contributed by atoms with E-state index < -0.39 is 0 Å². The van der Waals surface area contributed by atoms with Gasteiger partial charge in [-0.25, -0.2) is 9.97 Å². The number of anilines is 1. The van der Waals surface area contributed by atoms with Crippen LogP contribution in [0.4, 0.5) is 5.69 Å². The standard InChI is InChI=1S/C19H12IN3OS/c20-14-8-6-12(7-9-14)17(24)22-15-4-1-3-13(11-15)18-23-16-5-2-10-21-19(16)25-18/h1-11H,(H,22,24). The third-order valence-corrected chi connectivity index (χ3v) is 5.39. The normalized spacial score (nSPS) is 10.8. The summed E-state index contributed by atoms with van der Waals surface area (Å²) in [5.74, 6) is -0.125. The highest BCUT2D eigenvalue weighted by atomic mass is 127. The molecule has 2 aromatic heterocycles. The first-order chi connectivity index (χ1) is 12.2. The van der Waals surface area contributed by atoms with Crippen molar-refractivity contribution in [1.82, 2.24) is 9.97 Å². The van der Waals surface area contributed by atoms with Crippen LogP contribution in [-0.4, -0.2) is 15.9 Å². The summed E-state index contributed by atoms with van der Waals surface area (Å²) in [5, 5.41) is 3.83. The Labute approximate surface area is 162 Å². The average Bonchev–Trinajstić information content (AvgIpc) is 3.07. The van der Waals surface area contributed by atoms with Crippen molar-refractivity contribution in [2.24, 2.45) is 0 Å². The molecule has 0 bridgehead atoms. The molecule has 2 aromatic carbocycles. The van der Waals surface area contributed by atoms with Gasteiger partial charge in [-0.2, -0.15) is 0 Å². The lowest BCUT2D eigenvalue weighted by atomic mass is 10.2. The van der Waals surface area contributed by atoms with Gasteiger partial charge in [0.2, 0.25) is 0 Å². The number of rotatable bonds is 3. The molecule has 1 amide bonds. The summed E-state index contributed by atoms with van der Waals surface area (Å²) >= 11 is 3.76. The molecule has 4 aromatic rings. The van der Waals surface area contributed by atoms with E-state index in [9.17, 15) is 4.79 Å². The highest BCUT2D eigenvalue weighted by Gasteiger charge is 2.09. The van der Waals surface area contributed by atoms with E-state index in [4.69, 9.17) is 0 Å². The van der Waals surface area contributed by atoms with E-state index in [1.165, 1.54) is 0 Å². The minimum atomic E-state index is -0.125. The molecule has 0 saturated carbocycles. The smallest absolute Gasteiger partial charge is 0.255 e. The largest absolute Gasteiger partial charge is 0.322 e. The zero-order chi connectivity index (χ0) is 17.2. The molecule has 1 N–H and O–H groups in total. The highest BCUT2D eigenvalue weighted by molar-refractivity contribution is 14.1. The fourth-order valence-corrected chi connectivity index (χ4v) is 3.69. The molecule has 0 fully saturated rings. The Morgan fingerprint density at radius 3 is 2.68 bits per heavy atom. The molecule has 4 nitrogen and oxygen atoms in total. The van der Waals surface area contributed by atoms with Gasteiger partial charge in [0.15, 0.2) is 0 Å². The number of hydrogen-bond donors (Lipinski definition) is 1. The van der Waals surface area contributed by atoms with Crippen molar-refractivity contribution < 1.29 is 4.79 Å². The summed E-state index contributed by atoms with van der Waals surface area (Å²) in [6.45, 7) is 0. The minimum Gasteiger partial charge on any atom is -0.322 e. The van der Waals surface area contributed by atoms with Gasteiger partial charge in [-0.1, -0.05) is 23.5 Å². The summed E-state index contributed by atoms with van der Waals surface area (Å²) in [6, 6.07) is 19.0. The Hall–Kier alpha value is -2.32. The summed E-state index contributed by atoms with van der Waals surface area (Å²) in [6.07, 6.45) is 1.77. The number of fused-ring (bicyclic) bond motifs is 1. The van der Waals surface area contributed by atoms with Gasteiger partial charge in [-0.15, -0.1) is 0 Å².